The summed E-state index contributed by atoms with van der Waals surface area (Å²) in [5.74, 6) is 0.849. The van der Waals surface area contributed by atoms with E-state index in [4.69, 9.17) is 5.11 Å². The molecule has 0 aromatic carbocycles. The number of piperidine rings is 1. The molecule has 0 spiro atoms. The van der Waals surface area contributed by atoms with E-state index in [0.717, 1.165) is 19.0 Å². The van der Waals surface area contributed by atoms with Gasteiger partial charge < -0.3 is 15.3 Å². The van der Waals surface area contributed by atoms with Gasteiger partial charge in [0, 0.05) is 13.1 Å². The minimum atomic E-state index is 0.0175. The lowest BCUT2D eigenvalue weighted by Gasteiger charge is -2.33. The lowest BCUT2D eigenvalue weighted by atomic mass is 9.96. The monoisotopic (exact) mass is 269 g/mol. The largest absolute Gasteiger partial charge is 0.395 e. The Morgan fingerprint density at radius 3 is 2.42 bits per heavy atom. The number of hydrogen-bond donors (Lipinski definition) is 2. The fraction of sp³-hybridized carbons (Fsp3) is 0.929. The first kappa shape index (κ1) is 14.8. The van der Waals surface area contributed by atoms with E-state index in [0.29, 0.717) is 13.1 Å². The smallest absolute Gasteiger partial charge is 0.234 e. The van der Waals surface area contributed by atoms with Crippen LogP contribution < -0.4 is 5.32 Å². The highest BCUT2D eigenvalue weighted by Crippen LogP contribution is 2.20. The van der Waals surface area contributed by atoms with Crippen LogP contribution in [-0.2, 0) is 4.79 Å². The molecule has 5 heteroatoms. The second kappa shape index (κ2) is 7.82. The van der Waals surface area contributed by atoms with E-state index in [1.807, 2.05) is 0 Å². The van der Waals surface area contributed by atoms with Gasteiger partial charge in [0.15, 0.2) is 0 Å². The van der Waals surface area contributed by atoms with Crippen LogP contribution in [0, 0.1) is 5.92 Å². The Hall–Kier alpha value is -0.650. The van der Waals surface area contributed by atoms with Crippen LogP contribution in [0.1, 0.15) is 25.7 Å². The van der Waals surface area contributed by atoms with Crippen LogP contribution in [0.3, 0.4) is 0 Å². The number of amides is 1. The predicted molar refractivity (Wildman–Crippen MR) is 74.9 cm³/mol. The molecule has 0 atom stereocenters. The number of likely N-dealkylation sites (tertiary alicyclic amines) is 2. The molecule has 0 radical (unpaired) electrons. The summed E-state index contributed by atoms with van der Waals surface area (Å²) < 4.78 is 0. The Morgan fingerprint density at radius 1 is 1.11 bits per heavy atom. The van der Waals surface area contributed by atoms with Gasteiger partial charge in [0.2, 0.25) is 5.91 Å². The molecule has 1 amide bonds. The Morgan fingerprint density at radius 2 is 1.79 bits per heavy atom. The van der Waals surface area contributed by atoms with Crippen molar-refractivity contribution in [2.24, 2.45) is 5.92 Å². The van der Waals surface area contributed by atoms with E-state index in [1.165, 1.54) is 45.3 Å². The van der Waals surface area contributed by atoms with Crippen molar-refractivity contribution in [1.29, 1.82) is 0 Å². The van der Waals surface area contributed by atoms with E-state index < -0.39 is 0 Å². The van der Waals surface area contributed by atoms with Crippen molar-refractivity contribution in [1.82, 2.24) is 15.1 Å². The lowest BCUT2D eigenvalue weighted by molar-refractivity contribution is -0.122. The summed E-state index contributed by atoms with van der Waals surface area (Å²) >= 11 is 0. The third kappa shape index (κ3) is 5.09. The van der Waals surface area contributed by atoms with Gasteiger partial charge >= 0.3 is 0 Å². The highest BCUT2D eigenvalue weighted by molar-refractivity contribution is 5.77. The van der Waals surface area contributed by atoms with E-state index in [9.17, 15) is 4.79 Å². The number of hydrogen-bond acceptors (Lipinski definition) is 4. The average Bonchev–Trinajstić information content (AvgIpc) is 2.91. The summed E-state index contributed by atoms with van der Waals surface area (Å²) in [7, 11) is 0. The van der Waals surface area contributed by atoms with Crippen molar-refractivity contribution in [3.63, 3.8) is 0 Å². The van der Waals surface area contributed by atoms with Crippen molar-refractivity contribution in [3.8, 4) is 0 Å². The Bertz CT molecular complexity index is 272. The summed E-state index contributed by atoms with van der Waals surface area (Å²) in [5, 5.41) is 11.4. The summed E-state index contributed by atoms with van der Waals surface area (Å²) in [4.78, 5) is 16.4. The van der Waals surface area contributed by atoms with Crippen LogP contribution >= 0.6 is 0 Å². The van der Waals surface area contributed by atoms with E-state index >= 15 is 0 Å². The molecular weight excluding hydrogens is 242 g/mol. The van der Waals surface area contributed by atoms with Gasteiger partial charge in [-0.2, -0.15) is 0 Å². The van der Waals surface area contributed by atoms with Gasteiger partial charge in [0.1, 0.15) is 0 Å². The normalized spacial score (nSPS) is 22.8. The topological polar surface area (TPSA) is 55.8 Å². The van der Waals surface area contributed by atoms with Gasteiger partial charge in [-0.05, 0) is 57.8 Å². The van der Waals surface area contributed by atoms with Gasteiger partial charge in [-0.25, -0.2) is 0 Å². The molecule has 2 rings (SSSR count). The first-order valence-electron chi connectivity index (χ1n) is 7.60. The maximum Gasteiger partial charge on any atom is 0.234 e. The minimum Gasteiger partial charge on any atom is -0.395 e. The number of rotatable bonds is 6. The number of carbonyl (C=O) groups is 1. The molecule has 2 saturated heterocycles. The Balaban J connectivity index is 1.60. The molecule has 2 aliphatic rings. The SMILES string of the molecule is O=C(CN1CCC(CN2CCCC2)CC1)NCCO. The van der Waals surface area contributed by atoms with Crippen LogP contribution in [0.4, 0.5) is 0 Å². The maximum absolute atomic E-state index is 11.6. The summed E-state index contributed by atoms with van der Waals surface area (Å²) in [6.07, 6.45) is 5.15. The van der Waals surface area contributed by atoms with Crippen LogP contribution in [0.25, 0.3) is 0 Å². The quantitative estimate of drug-likeness (QED) is 0.707. The van der Waals surface area contributed by atoms with Crippen LogP contribution in [0.15, 0.2) is 0 Å². The van der Waals surface area contributed by atoms with Crippen LogP contribution in [0.2, 0.25) is 0 Å². The molecule has 0 unspecified atom stereocenters. The Kier molecular flexibility index (Phi) is 6.07. The zero-order valence-electron chi connectivity index (χ0n) is 11.8. The second-order valence-corrected chi connectivity index (χ2v) is 5.80. The molecule has 5 nitrogen and oxygen atoms in total. The van der Waals surface area contributed by atoms with Crippen molar-refractivity contribution in [3.05, 3.63) is 0 Å². The number of nitrogens with zero attached hydrogens (tertiary/aromatic N) is 2. The summed E-state index contributed by atoms with van der Waals surface area (Å²) in [6, 6.07) is 0. The molecule has 0 aromatic heterocycles. The number of aliphatic hydroxyl groups excluding tert-OH is 1. The van der Waals surface area contributed by atoms with Gasteiger partial charge in [-0.15, -0.1) is 0 Å². The molecule has 0 aromatic rings. The fourth-order valence-electron chi connectivity index (χ4n) is 3.11. The van der Waals surface area contributed by atoms with E-state index in [2.05, 4.69) is 15.1 Å². The van der Waals surface area contributed by atoms with Crippen molar-refractivity contribution >= 4 is 5.91 Å². The second-order valence-electron chi connectivity index (χ2n) is 5.80. The van der Waals surface area contributed by atoms with Gasteiger partial charge in [0.25, 0.3) is 0 Å². The summed E-state index contributed by atoms with van der Waals surface area (Å²) in [6.45, 7) is 6.75. The first-order valence-corrected chi connectivity index (χ1v) is 7.60. The molecule has 110 valence electrons. The molecule has 0 aliphatic carbocycles. The molecule has 0 bridgehead atoms. The van der Waals surface area contributed by atoms with Crippen molar-refractivity contribution in [2.75, 3.05) is 52.4 Å². The van der Waals surface area contributed by atoms with E-state index in [1.54, 1.807) is 0 Å². The third-order valence-electron chi connectivity index (χ3n) is 4.22. The zero-order valence-corrected chi connectivity index (χ0v) is 11.8. The first-order chi connectivity index (χ1) is 9.28. The predicted octanol–water partition coefficient (Wildman–Crippen LogP) is -0.0973. The van der Waals surface area contributed by atoms with Crippen LogP contribution in [0.5, 0.6) is 0 Å². The third-order valence-corrected chi connectivity index (χ3v) is 4.22. The molecule has 0 saturated carbocycles. The number of carbonyl (C=O) groups excluding carboxylic acids is 1. The zero-order chi connectivity index (χ0) is 13.5. The highest BCUT2D eigenvalue weighted by atomic mass is 16.3. The summed E-state index contributed by atoms with van der Waals surface area (Å²) in [5.41, 5.74) is 0. The molecule has 2 N–H and O–H groups in total. The van der Waals surface area contributed by atoms with Crippen molar-refractivity contribution in [2.45, 2.75) is 25.7 Å². The molecular formula is C14H27N3O2. The highest BCUT2D eigenvalue weighted by Gasteiger charge is 2.23. The standard InChI is InChI=1S/C14H27N3O2/c18-10-5-15-14(19)12-17-8-3-13(4-9-17)11-16-6-1-2-7-16/h13,18H,1-12H2,(H,15,19). The minimum absolute atomic E-state index is 0.0175. The maximum atomic E-state index is 11.6. The van der Waals surface area contributed by atoms with Gasteiger partial charge in [-0.1, -0.05) is 0 Å². The number of aliphatic hydroxyl groups is 1. The van der Waals surface area contributed by atoms with Crippen molar-refractivity contribution < 1.29 is 9.90 Å². The van der Waals surface area contributed by atoms with Gasteiger partial charge in [0.05, 0.1) is 13.2 Å². The lowest BCUT2D eigenvalue weighted by Crippen LogP contribution is -2.43. The fourth-order valence-corrected chi connectivity index (χ4v) is 3.11. The molecule has 2 fully saturated rings. The average molecular weight is 269 g/mol. The van der Waals surface area contributed by atoms with E-state index in [-0.39, 0.29) is 12.5 Å². The van der Waals surface area contributed by atoms with Crippen LogP contribution in [-0.4, -0.2) is 73.2 Å². The molecule has 19 heavy (non-hydrogen) atoms. The Labute approximate surface area is 115 Å². The number of nitrogens with one attached hydrogen (secondary N) is 1. The van der Waals surface area contributed by atoms with Gasteiger partial charge in [-0.3, -0.25) is 9.69 Å². The molecule has 2 heterocycles. The molecule has 2 aliphatic heterocycles.